The Morgan fingerprint density at radius 3 is 2.72 bits per heavy atom. The highest BCUT2D eigenvalue weighted by atomic mass is 16.6. The number of cyclic esters (lactones) is 1. The number of esters is 1. The molecule has 0 saturated carbocycles. The molecule has 2 rings (SSSR count). The first-order valence-corrected chi connectivity index (χ1v) is 5.22. The van der Waals surface area contributed by atoms with E-state index in [1.807, 2.05) is 0 Å². The van der Waals surface area contributed by atoms with E-state index in [-0.39, 0.29) is 17.3 Å². The Labute approximate surface area is 103 Å². The number of nitro groups is 1. The highest BCUT2D eigenvalue weighted by molar-refractivity contribution is 6.08. The van der Waals surface area contributed by atoms with Crippen LogP contribution < -0.4 is 0 Å². The largest absolute Gasteiger partial charge is 0.407 e. The van der Waals surface area contributed by atoms with Crippen LogP contribution in [0.4, 0.5) is 5.69 Å². The second-order valence-electron chi connectivity index (χ2n) is 3.80. The minimum Gasteiger partial charge on any atom is -0.407 e. The lowest BCUT2D eigenvalue weighted by Gasteiger charge is -2.02. The van der Waals surface area contributed by atoms with Crippen molar-refractivity contribution in [2.24, 2.45) is 4.99 Å². The molecule has 1 aromatic rings. The van der Waals surface area contributed by atoms with Crippen LogP contribution in [0.25, 0.3) is 5.57 Å². The molecule has 18 heavy (non-hydrogen) atoms. The number of nitro benzene ring substituents is 1. The average molecular weight is 246 g/mol. The molecule has 0 amide bonds. The van der Waals surface area contributed by atoms with Gasteiger partial charge in [-0.05, 0) is 18.1 Å². The highest BCUT2D eigenvalue weighted by Crippen LogP contribution is 2.26. The molecule has 1 aliphatic rings. The zero-order valence-corrected chi connectivity index (χ0v) is 9.84. The van der Waals surface area contributed by atoms with Crippen molar-refractivity contribution in [3.63, 3.8) is 0 Å². The smallest absolute Gasteiger partial charge is 0.363 e. The summed E-state index contributed by atoms with van der Waals surface area (Å²) in [6.07, 6.45) is 0. The van der Waals surface area contributed by atoms with E-state index in [9.17, 15) is 14.9 Å². The van der Waals surface area contributed by atoms with Gasteiger partial charge in [0.1, 0.15) is 0 Å². The van der Waals surface area contributed by atoms with Crippen LogP contribution in [0.2, 0.25) is 0 Å². The molecule has 0 N–H and O–H groups in total. The van der Waals surface area contributed by atoms with E-state index in [1.54, 1.807) is 26.0 Å². The van der Waals surface area contributed by atoms with E-state index >= 15 is 0 Å². The predicted octanol–water partition coefficient (Wildman–Crippen LogP) is 2.30. The van der Waals surface area contributed by atoms with Gasteiger partial charge < -0.3 is 4.74 Å². The van der Waals surface area contributed by atoms with Crippen molar-refractivity contribution >= 4 is 23.1 Å². The van der Waals surface area contributed by atoms with Crippen LogP contribution in [0.15, 0.2) is 35.0 Å². The van der Waals surface area contributed by atoms with Gasteiger partial charge >= 0.3 is 5.97 Å². The zero-order valence-electron chi connectivity index (χ0n) is 9.84. The zero-order chi connectivity index (χ0) is 13.3. The van der Waals surface area contributed by atoms with Crippen molar-refractivity contribution in [2.75, 3.05) is 0 Å². The topological polar surface area (TPSA) is 81.8 Å². The van der Waals surface area contributed by atoms with Crippen molar-refractivity contribution in [1.82, 2.24) is 0 Å². The van der Waals surface area contributed by atoms with Gasteiger partial charge in [0.15, 0.2) is 11.6 Å². The quantitative estimate of drug-likeness (QED) is 0.347. The van der Waals surface area contributed by atoms with Gasteiger partial charge in [-0.3, -0.25) is 10.1 Å². The molecule has 0 radical (unpaired) electrons. The van der Waals surface area contributed by atoms with Crippen LogP contribution in [-0.2, 0) is 9.53 Å². The Balaban J connectivity index is 2.49. The number of aliphatic imine (C=N–C) groups is 1. The van der Waals surface area contributed by atoms with Crippen LogP contribution >= 0.6 is 0 Å². The fourth-order valence-corrected chi connectivity index (χ4v) is 1.63. The van der Waals surface area contributed by atoms with Crippen molar-refractivity contribution in [3.05, 3.63) is 45.6 Å². The van der Waals surface area contributed by atoms with E-state index in [0.29, 0.717) is 11.1 Å². The molecule has 0 aliphatic carbocycles. The van der Waals surface area contributed by atoms with Gasteiger partial charge in [0.05, 0.1) is 4.92 Å². The van der Waals surface area contributed by atoms with Crippen molar-refractivity contribution in [3.8, 4) is 0 Å². The molecule has 0 atom stereocenters. The minimum absolute atomic E-state index is 0.0282. The number of carbonyl (C=O) groups is 1. The van der Waals surface area contributed by atoms with Crippen molar-refractivity contribution in [2.45, 2.75) is 13.8 Å². The number of carbonyl (C=O) groups excluding carboxylic acids is 1. The van der Waals surface area contributed by atoms with Crippen LogP contribution in [0, 0.1) is 10.1 Å². The van der Waals surface area contributed by atoms with Gasteiger partial charge in [-0.1, -0.05) is 12.1 Å². The van der Waals surface area contributed by atoms with Gasteiger partial charge in [0, 0.05) is 19.1 Å². The lowest BCUT2D eigenvalue weighted by Crippen LogP contribution is -2.01. The van der Waals surface area contributed by atoms with Crippen LogP contribution in [0.5, 0.6) is 0 Å². The molecule has 6 heteroatoms. The molecule has 1 aromatic carbocycles. The Morgan fingerprint density at radius 1 is 1.44 bits per heavy atom. The standard InChI is InChI=1S/C12H10N2O4/c1-7(11-12(15)18-8(2)13-11)9-4-3-5-10(6-9)14(16)17/h3-6H,1-2H3. The monoisotopic (exact) mass is 246 g/mol. The first-order chi connectivity index (χ1) is 8.49. The summed E-state index contributed by atoms with van der Waals surface area (Å²) in [6.45, 7) is 3.25. The summed E-state index contributed by atoms with van der Waals surface area (Å²) in [7, 11) is 0. The van der Waals surface area contributed by atoms with Gasteiger partial charge in [-0.15, -0.1) is 0 Å². The van der Waals surface area contributed by atoms with Crippen LogP contribution in [-0.4, -0.2) is 16.8 Å². The Bertz CT molecular complexity index is 602. The lowest BCUT2D eigenvalue weighted by atomic mass is 10.0. The normalized spacial score (nSPS) is 17.2. The minimum atomic E-state index is -0.531. The molecule has 1 aliphatic heterocycles. The summed E-state index contributed by atoms with van der Waals surface area (Å²) in [6, 6.07) is 6.04. The second kappa shape index (κ2) is 4.40. The summed E-state index contributed by atoms with van der Waals surface area (Å²) in [5.41, 5.74) is 1.29. The maximum Gasteiger partial charge on any atom is 0.363 e. The Hall–Kier alpha value is -2.50. The fraction of sp³-hybridized carbons (Fsp3) is 0.167. The molecule has 6 nitrogen and oxygen atoms in total. The number of hydrogen-bond acceptors (Lipinski definition) is 5. The van der Waals surface area contributed by atoms with Gasteiger partial charge in [-0.25, -0.2) is 9.79 Å². The SMILES string of the molecule is CC1=NC(=C(C)c2cccc([N+](=O)[O-])c2)C(=O)O1. The third-order valence-corrected chi connectivity index (χ3v) is 2.55. The first-order valence-electron chi connectivity index (χ1n) is 5.22. The fourth-order valence-electron chi connectivity index (χ4n) is 1.63. The molecule has 0 saturated heterocycles. The highest BCUT2D eigenvalue weighted by Gasteiger charge is 2.23. The summed E-state index contributed by atoms with van der Waals surface area (Å²) < 4.78 is 4.81. The van der Waals surface area contributed by atoms with E-state index in [1.165, 1.54) is 12.1 Å². The van der Waals surface area contributed by atoms with E-state index in [4.69, 9.17) is 4.74 Å². The van der Waals surface area contributed by atoms with Gasteiger partial charge in [0.25, 0.3) is 5.69 Å². The molecule has 0 unspecified atom stereocenters. The number of nitrogens with zero attached hydrogens (tertiary/aromatic N) is 2. The summed E-state index contributed by atoms with van der Waals surface area (Å²) >= 11 is 0. The predicted molar refractivity (Wildman–Crippen MR) is 64.9 cm³/mol. The van der Waals surface area contributed by atoms with Crippen molar-refractivity contribution < 1.29 is 14.5 Å². The number of rotatable bonds is 2. The van der Waals surface area contributed by atoms with E-state index < -0.39 is 10.9 Å². The number of ether oxygens (including phenoxy) is 1. The first kappa shape index (κ1) is 12.0. The molecular formula is C12H10N2O4. The van der Waals surface area contributed by atoms with E-state index in [2.05, 4.69) is 4.99 Å². The second-order valence-corrected chi connectivity index (χ2v) is 3.80. The third-order valence-electron chi connectivity index (χ3n) is 2.55. The molecule has 0 bridgehead atoms. The number of benzene rings is 1. The van der Waals surface area contributed by atoms with E-state index in [0.717, 1.165) is 0 Å². The van der Waals surface area contributed by atoms with Crippen LogP contribution in [0.1, 0.15) is 19.4 Å². The lowest BCUT2D eigenvalue weighted by molar-refractivity contribution is -0.384. The molecule has 0 aromatic heterocycles. The summed E-state index contributed by atoms with van der Waals surface area (Å²) in [5, 5.41) is 10.7. The number of hydrogen-bond donors (Lipinski definition) is 0. The Kier molecular flexibility index (Phi) is 2.93. The maximum absolute atomic E-state index is 11.5. The maximum atomic E-state index is 11.5. The summed E-state index contributed by atoms with van der Waals surface area (Å²) in [5.74, 6) is -0.253. The molecule has 92 valence electrons. The van der Waals surface area contributed by atoms with Gasteiger partial charge in [0.2, 0.25) is 0 Å². The van der Waals surface area contributed by atoms with Crippen LogP contribution in [0.3, 0.4) is 0 Å². The third kappa shape index (κ3) is 2.13. The average Bonchev–Trinajstić information content (AvgIpc) is 2.67. The molecule has 1 heterocycles. The number of non-ortho nitro benzene ring substituents is 1. The van der Waals surface area contributed by atoms with Gasteiger partial charge in [-0.2, -0.15) is 0 Å². The summed E-state index contributed by atoms with van der Waals surface area (Å²) in [4.78, 5) is 25.7. The molecule has 0 fully saturated rings. The van der Waals surface area contributed by atoms with Crippen molar-refractivity contribution in [1.29, 1.82) is 0 Å². The Morgan fingerprint density at radius 2 is 2.17 bits per heavy atom. The molecule has 0 spiro atoms. The molecular weight excluding hydrogens is 236 g/mol. The number of allylic oxidation sites excluding steroid dienone is 1.